The molecule has 0 aliphatic carbocycles. The highest BCUT2D eigenvalue weighted by Crippen LogP contribution is 2.38. The summed E-state index contributed by atoms with van der Waals surface area (Å²) in [4.78, 5) is 0. The number of aliphatic hydroxyl groups is 2. The minimum absolute atomic E-state index is 0.00326. The molecule has 0 aromatic rings. The molecule has 2 aliphatic heterocycles. The number of hydrogen-bond donors (Lipinski definition) is 2. The van der Waals surface area contributed by atoms with Crippen molar-refractivity contribution in [3.8, 4) is 0 Å². The SMILES string of the molecule is CC1(C)O[C@@H]([C@H](O)[C@H]2COC(C)(C)O2)[C@@H]([C@H](O)C(F)(F)F)O1. The van der Waals surface area contributed by atoms with Crippen LogP contribution in [0.5, 0.6) is 0 Å². The van der Waals surface area contributed by atoms with Crippen molar-refractivity contribution in [3.05, 3.63) is 0 Å². The van der Waals surface area contributed by atoms with Crippen molar-refractivity contribution in [2.45, 2.75) is 76.0 Å². The summed E-state index contributed by atoms with van der Waals surface area (Å²) in [6.45, 7) is 6.07. The average molecular weight is 330 g/mol. The molecule has 2 rings (SSSR count). The van der Waals surface area contributed by atoms with E-state index in [1.54, 1.807) is 13.8 Å². The van der Waals surface area contributed by atoms with Gasteiger partial charge in [0.2, 0.25) is 0 Å². The predicted octanol–water partition coefficient (Wildman–Crippen LogP) is 0.942. The minimum atomic E-state index is -4.89. The van der Waals surface area contributed by atoms with Crippen molar-refractivity contribution in [1.29, 1.82) is 0 Å². The molecule has 0 radical (unpaired) electrons. The topological polar surface area (TPSA) is 77.4 Å². The average Bonchev–Trinajstić information content (AvgIpc) is 2.86. The van der Waals surface area contributed by atoms with E-state index in [9.17, 15) is 23.4 Å². The Morgan fingerprint density at radius 1 is 0.955 bits per heavy atom. The van der Waals surface area contributed by atoms with Crippen LogP contribution in [0, 0.1) is 0 Å². The van der Waals surface area contributed by atoms with Crippen molar-refractivity contribution >= 4 is 0 Å². The van der Waals surface area contributed by atoms with Crippen LogP contribution in [0.3, 0.4) is 0 Å². The molecule has 9 heteroatoms. The zero-order valence-corrected chi connectivity index (χ0v) is 12.8. The molecule has 5 atom stereocenters. The number of hydrogen-bond acceptors (Lipinski definition) is 6. The Labute approximate surface area is 126 Å². The van der Waals surface area contributed by atoms with Crippen LogP contribution in [0.15, 0.2) is 0 Å². The number of rotatable bonds is 3. The van der Waals surface area contributed by atoms with Crippen molar-refractivity contribution in [2.75, 3.05) is 6.61 Å². The molecule has 0 spiro atoms. The fraction of sp³-hybridized carbons (Fsp3) is 1.00. The smallest absolute Gasteiger partial charge is 0.387 e. The maximum Gasteiger partial charge on any atom is 0.417 e. The predicted molar refractivity (Wildman–Crippen MR) is 66.8 cm³/mol. The lowest BCUT2D eigenvalue weighted by atomic mass is 9.99. The molecule has 0 saturated carbocycles. The van der Waals surface area contributed by atoms with Gasteiger partial charge in [-0.25, -0.2) is 0 Å². The maximum atomic E-state index is 12.8. The number of alkyl halides is 3. The Kier molecular flexibility index (Phi) is 4.53. The lowest BCUT2D eigenvalue weighted by molar-refractivity contribution is -0.243. The van der Waals surface area contributed by atoms with Crippen LogP contribution in [0.4, 0.5) is 13.2 Å². The minimum Gasteiger partial charge on any atom is -0.387 e. The summed E-state index contributed by atoms with van der Waals surface area (Å²) in [7, 11) is 0. The van der Waals surface area contributed by atoms with Gasteiger partial charge in [0.15, 0.2) is 17.7 Å². The molecule has 0 bridgehead atoms. The maximum absolute atomic E-state index is 12.8. The zero-order valence-electron chi connectivity index (χ0n) is 12.8. The van der Waals surface area contributed by atoms with E-state index in [1.807, 2.05) is 0 Å². The molecule has 2 fully saturated rings. The number of aliphatic hydroxyl groups excluding tert-OH is 2. The molecule has 0 aromatic heterocycles. The van der Waals surface area contributed by atoms with Gasteiger partial charge in [0.25, 0.3) is 0 Å². The van der Waals surface area contributed by atoms with E-state index in [2.05, 4.69) is 0 Å². The van der Waals surface area contributed by atoms with Gasteiger partial charge in [-0.05, 0) is 27.7 Å². The summed E-state index contributed by atoms with van der Waals surface area (Å²) in [5, 5.41) is 19.8. The molecule has 2 aliphatic rings. The first-order valence-electron chi connectivity index (χ1n) is 6.93. The summed E-state index contributed by atoms with van der Waals surface area (Å²) in [6.07, 6.45) is -13.1. The fourth-order valence-electron chi connectivity index (χ4n) is 2.61. The van der Waals surface area contributed by atoms with Gasteiger partial charge in [0, 0.05) is 0 Å². The van der Waals surface area contributed by atoms with Gasteiger partial charge < -0.3 is 29.2 Å². The van der Waals surface area contributed by atoms with E-state index in [4.69, 9.17) is 18.9 Å². The van der Waals surface area contributed by atoms with Gasteiger partial charge in [0.05, 0.1) is 6.61 Å². The van der Waals surface area contributed by atoms with Gasteiger partial charge in [-0.3, -0.25) is 0 Å². The standard InChI is InChI=1S/C13H21F3O6/c1-11(2)19-5-6(20-11)7(17)8-9(10(18)13(14,15)16)22-12(3,4)21-8/h6-10,17-18H,5H2,1-4H3/t6-,7-,8+,9+,10+/m1/s1. The highest BCUT2D eigenvalue weighted by atomic mass is 19.4. The Morgan fingerprint density at radius 3 is 1.95 bits per heavy atom. The largest absolute Gasteiger partial charge is 0.417 e. The van der Waals surface area contributed by atoms with E-state index >= 15 is 0 Å². The van der Waals surface area contributed by atoms with E-state index < -0.39 is 48.3 Å². The molecule has 2 saturated heterocycles. The second-order valence-electron chi connectivity index (χ2n) is 6.41. The molecule has 2 heterocycles. The Morgan fingerprint density at radius 2 is 1.50 bits per heavy atom. The van der Waals surface area contributed by atoms with Crippen LogP contribution in [-0.2, 0) is 18.9 Å². The van der Waals surface area contributed by atoms with Crippen molar-refractivity contribution in [2.24, 2.45) is 0 Å². The highest BCUT2D eigenvalue weighted by Gasteiger charge is 2.57. The summed E-state index contributed by atoms with van der Waals surface area (Å²) in [6, 6.07) is 0. The van der Waals surface area contributed by atoms with Gasteiger partial charge >= 0.3 is 6.18 Å². The normalized spacial score (nSPS) is 37.2. The van der Waals surface area contributed by atoms with Gasteiger partial charge in [-0.2, -0.15) is 13.2 Å². The van der Waals surface area contributed by atoms with E-state index in [1.165, 1.54) is 13.8 Å². The summed E-state index contributed by atoms with van der Waals surface area (Å²) in [5.41, 5.74) is 0. The second-order valence-corrected chi connectivity index (χ2v) is 6.41. The van der Waals surface area contributed by atoms with Gasteiger partial charge in [-0.15, -0.1) is 0 Å². The molecule has 22 heavy (non-hydrogen) atoms. The fourth-order valence-corrected chi connectivity index (χ4v) is 2.61. The first kappa shape index (κ1) is 17.9. The van der Waals surface area contributed by atoms with Crippen molar-refractivity contribution in [3.63, 3.8) is 0 Å². The quantitative estimate of drug-likeness (QED) is 0.802. The van der Waals surface area contributed by atoms with Crippen molar-refractivity contribution < 1.29 is 42.3 Å². The Balaban J connectivity index is 2.16. The first-order chi connectivity index (χ1) is 9.82. The van der Waals surface area contributed by atoms with Crippen LogP contribution in [0.1, 0.15) is 27.7 Å². The lowest BCUT2D eigenvalue weighted by Gasteiger charge is -2.29. The van der Waals surface area contributed by atoms with Gasteiger partial charge in [-0.1, -0.05) is 0 Å². The number of ether oxygens (including phenoxy) is 4. The second kappa shape index (κ2) is 5.57. The zero-order chi connectivity index (χ0) is 16.9. The Hall–Kier alpha value is -0.450. The summed E-state index contributed by atoms with van der Waals surface area (Å²) >= 11 is 0. The molecular weight excluding hydrogens is 309 g/mol. The van der Waals surface area contributed by atoms with E-state index in [-0.39, 0.29) is 6.61 Å². The van der Waals surface area contributed by atoms with Crippen LogP contribution < -0.4 is 0 Å². The van der Waals surface area contributed by atoms with Crippen LogP contribution in [0.2, 0.25) is 0 Å². The van der Waals surface area contributed by atoms with Crippen LogP contribution in [-0.4, -0.2) is 65.1 Å². The van der Waals surface area contributed by atoms with Crippen molar-refractivity contribution in [1.82, 2.24) is 0 Å². The molecule has 6 nitrogen and oxygen atoms in total. The van der Waals surface area contributed by atoms with Crippen LogP contribution in [0.25, 0.3) is 0 Å². The summed E-state index contributed by atoms with van der Waals surface area (Å²) < 4.78 is 59.5. The Bertz CT molecular complexity index is 411. The van der Waals surface area contributed by atoms with E-state index in [0.717, 1.165) is 0 Å². The summed E-state index contributed by atoms with van der Waals surface area (Å²) in [5.74, 6) is -2.31. The number of halogens is 3. The first-order valence-corrected chi connectivity index (χ1v) is 6.93. The highest BCUT2D eigenvalue weighted by molar-refractivity contribution is 4.96. The molecule has 0 amide bonds. The molecule has 0 unspecified atom stereocenters. The molecular formula is C13H21F3O6. The third kappa shape index (κ3) is 3.72. The molecule has 0 aromatic carbocycles. The monoisotopic (exact) mass is 330 g/mol. The van der Waals surface area contributed by atoms with Crippen LogP contribution >= 0.6 is 0 Å². The van der Waals surface area contributed by atoms with Gasteiger partial charge in [0.1, 0.15) is 24.4 Å². The lowest BCUT2D eigenvalue weighted by Crippen LogP contribution is -2.52. The molecule has 130 valence electrons. The van der Waals surface area contributed by atoms with E-state index in [0.29, 0.717) is 0 Å². The third-order valence-electron chi connectivity index (χ3n) is 3.56. The molecule has 2 N–H and O–H groups in total. The third-order valence-corrected chi connectivity index (χ3v) is 3.56.